The van der Waals surface area contributed by atoms with Crippen molar-refractivity contribution in [1.82, 2.24) is 15.1 Å². The number of carbonyl (C=O) groups is 3. The van der Waals surface area contributed by atoms with E-state index in [2.05, 4.69) is 15.5 Å². The molecule has 0 radical (unpaired) electrons. The molecule has 3 aromatic carbocycles. The van der Waals surface area contributed by atoms with Crippen molar-refractivity contribution in [2.24, 2.45) is 0 Å². The molecule has 1 atom stereocenters. The molecule has 46 heavy (non-hydrogen) atoms. The summed E-state index contributed by atoms with van der Waals surface area (Å²) in [5.41, 5.74) is -0.693. The molecule has 1 heterocycles. The molecule has 0 bridgehead atoms. The second kappa shape index (κ2) is 14.4. The molecule has 0 spiro atoms. The normalized spacial score (nSPS) is 16.0. The zero-order chi connectivity index (χ0) is 33.8. The minimum atomic E-state index is -4.55. The van der Waals surface area contributed by atoms with Gasteiger partial charge in [-0.2, -0.15) is 4.31 Å². The number of fused-ring (bicyclic) bond motifs is 1. The number of hydrogen-bond donors (Lipinski definition) is 2. The number of nitrogens with one attached hydrogen (secondary N) is 2. The highest BCUT2D eigenvalue weighted by Crippen LogP contribution is 2.51. The smallest absolute Gasteiger partial charge is 0.321 e. The first-order chi connectivity index (χ1) is 21.9. The summed E-state index contributed by atoms with van der Waals surface area (Å²) in [4.78, 5) is 44.5. The Balaban J connectivity index is 1.85. The topological polar surface area (TPSA) is 119 Å². The Morgan fingerprint density at radius 3 is 2.09 bits per heavy atom. The van der Waals surface area contributed by atoms with Gasteiger partial charge in [0.2, 0.25) is 5.91 Å². The SMILES string of the molecule is CCN(CC)CCC(=O)NC1(c2ccccc2Cl)C(=O)N(S(=O)(=O)c2ccc(NC(=O)N(CC)CC)cc2)c2ccc(Cl)c(C)c21. The molecule has 0 fully saturated rings. The van der Waals surface area contributed by atoms with Crippen LogP contribution in [0.2, 0.25) is 10.0 Å². The number of nitrogens with zero attached hydrogens (tertiary/aromatic N) is 3. The van der Waals surface area contributed by atoms with Crippen molar-refractivity contribution in [3.63, 3.8) is 0 Å². The summed E-state index contributed by atoms with van der Waals surface area (Å²) in [6, 6.07) is 14.7. The lowest BCUT2D eigenvalue weighted by Crippen LogP contribution is -2.55. The second-order valence-electron chi connectivity index (χ2n) is 10.8. The Kier molecular flexibility index (Phi) is 11.0. The zero-order valence-electron chi connectivity index (χ0n) is 26.6. The van der Waals surface area contributed by atoms with Crippen LogP contribution < -0.4 is 14.9 Å². The van der Waals surface area contributed by atoms with Crippen molar-refractivity contribution in [3.05, 3.63) is 87.4 Å². The summed E-state index contributed by atoms with van der Waals surface area (Å²) in [5, 5.41) is 6.12. The summed E-state index contributed by atoms with van der Waals surface area (Å²) in [6.07, 6.45) is 0.0591. The lowest BCUT2D eigenvalue weighted by molar-refractivity contribution is -0.129. The van der Waals surface area contributed by atoms with Gasteiger partial charge in [0.05, 0.1) is 10.6 Å². The van der Waals surface area contributed by atoms with Gasteiger partial charge in [-0.3, -0.25) is 9.59 Å². The summed E-state index contributed by atoms with van der Waals surface area (Å²) in [5.74, 6) is -1.38. The maximum atomic E-state index is 14.8. The van der Waals surface area contributed by atoms with Gasteiger partial charge in [-0.1, -0.05) is 55.2 Å². The lowest BCUT2D eigenvalue weighted by atomic mass is 9.81. The molecule has 1 aliphatic heterocycles. The summed E-state index contributed by atoms with van der Waals surface area (Å²) in [6.45, 7) is 12.3. The van der Waals surface area contributed by atoms with E-state index in [1.165, 1.54) is 36.4 Å². The van der Waals surface area contributed by atoms with Crippen molar-refractivity contribution in [1.29, 1.82) is 0 Å². The highest BCUT2D eigenvalue weighted by atomic mass is 35.5. The number of benzene rings is 3. The third kappa shape index (κ3) is 6.46. The van der Waals surface area contributed by atoms with Crippen LogP contribution in [0.5, 0.6) is 0 Å². The molecule has 3 aromatic rings. The second-order valence-corrected chi connectivity index (χ2v) is 13.4. The quantitative estimate of drug-likeness (QED) is 0.241. The van der Waals surface area contributed by atoms with Gasteiger partial charge in [-0.05, 0) is 81.9 Å². The number of rotatable bonds is 12. The zero-order valence-corrected chi connectivity index (χ0v) is 28.9. The third-order valence-electron chi connectivity index (χ3n) is 8.32. The van der Waals surface area contributed by atoms with Crippen LogP contribution in [0.15, 0.2) is 65.6 Å². The fraction of sp³-hybridized carbons (Fsp3) is 0.364. The molecular formula is C33H39Cl2N5O5S. The number of halogens is 2. The largest absolute Gasteiger partial charge is 0.334 e. The van der Waals surface area contributed by atoms with Crippen LogP contribution in [0.3, 0.4) is 0 Å². The fourth-order valence-corrected chi connectivity index (χ4v) is 7.61. The van der Waals surface area contributed by atoms with E-state index < -0.39 is 27.4 Å². The van der Waals surface area contributed by atoms with Crippen LogP contribution in [0.1, 0.15) is 50.8 Å². The molecule has 4 amide bonds. The summed E-state index contributed by atoms with van der Waals surface area (Å²) < 4.78 is 29.4. The Morgan fingerprint density at radius 1 is 0.870 bits per heavy atom. The molecular weight excluding hydrogens is 649 g/mol. The van der Waals surface area contributed by atoms with Gasteiger partial charge in [0, 0.05) is 52.9 Å². The van der Waals surface area contributed by atoms with Crippen molar-refractivity contribution >= 4 is 62.4 Å². The van der Waals surface area contributed by atoms with Gasteiger partial charge in [0.15, 0.2) is 5.54 Å². The highest BCUT2D eigenvalue weighted by Gasteiger charge is 2.58. The molecule has 0 saturated heterocycles. The predicted molar refractivity (Wildman–Crippen MR) is 182 cm³/mol. The minimum Gasteiger partial charge on any atom is -0.334 e. The predicted octanol–water partition coefficient (Wildman–Crippen LogP) is 6.00. The summed E-state index contributed by atoms with van der Waals surface area (Å²) >= 11 is 13.3. The molecule has 10 nitrogen and oxygen atoms in total. The van der Waals surface area contributed by atoms with E-state index in [-0.39, 0.29) is 44.2 Å². The van der Waals surface area contributed by atoms with Gasteiger partial charge >= 0.3 is 6.03 Å². The molecule has 13 heteroatoms. The van der Waals surface area contributed by atoms with Crippen molar-refractivity contribution in [2.75, 3.05) is 42.3 Å². The Bertz CT molecular complexity index is 1730. The molecule has 0 saturated carbocycles. The van der Waals surface area contributed by atoms with E-state index in [4.69, 9.17) is 23.2 Å². The average Bonchev–Trinajstić information content (AvgIpc) is 3.29. The van der Waals surface area contributed by atoms with Crippen LogP contribution in [-0.2, 0) is 25.2 Å². The highest BCUT2D eigenvalue weighted by molar-refractivity contribution is 7.93. The van der Waals surface area contributed by atoms with E-state index in [1.54, 1.807) is 36.1 Å². The van der Waals surface area contributed by atoms with E-state index in [1.807, 2.05) is 27.7 Å². The number of carbonyl (C=O) groups excluding carboxylic acids is 3. The van der Waals surface area contributed by atoms with E-state index in [0.717, 1.165) is 13.1 Å². The van der Waals surface area contributed by atoms with E-state index in [9.17, 15) is 22.8 Å². The first-order valence-corrected chi connectivity index (χ1v) is 17.4. The molecule has 2 N–H and O–H groups in total. The monoisotopic (exact) mass is 687 g/mol. The average molecular weight is 689 g/mol. The number of urea groups is 1. The standard InChI is InChI=1S/C33H39Cl2N5O5S/c1-6-38(7-2)21-20-29(41)37-33(25-12-10-11-13-27(25)35)30-22(5)26(34)18-19-28(30)40(31(33)42)46(44,45)24-16-14-23(15-17-24)36-32(43)39(8-3)9-4/h10-19H,6-9,20-21H2,1-5H3,(H,36,43)(H,37,41). The van der Waals surface area contributed by atoms with Gasteiger partial charge in [-0.15, -0.1) is 0 Å². The Morgan fingerprint density at radius 2 is 1.50 bits per heavy atom. The molecule has 246 valence electrons. The molecule has 4 rings (SSSR count). The van der Waals surface area contributed by atoms with Crippen LogP contribution in [-0.4, -0.2) is 68.8 Å². The Hall–Kier alpha value is -3.64. The molecule has 0 aromatic heterocycles. The third-order valence-corrected chi connectivity index (χ3v) is 10.8. The van der Waals surface area contributed by atoms with Crippen LogP contribution >= 0.6 is 23.2 Å². The number of hydrogen-bond acceptors (Lipinski definition) is 6. The molecule has 1 unspecified atom stereocenters. The first kappa shape index (κ1) is 35.2. The summed E-state index contributed by atoms with van der Waals surface area (Å²) in [7, 11) is -4.55. The van der Waals surface area contributed by atoms with Gasteiger partial charge in [0.25, 0.3) is 15.9 Å². The lowest BCUT2D eigenvalue weighted by Gasteiger charge is -2.32. The van der Waals surface area contributed by atoms with Gasteiger partial charge in [0.1, 0.15) is 0 Å². The van der Waals surface area contributed by atoms with Crippen LogP contribution in [0.25, 0.3) is 0 Å². The van der Waals surface area contributed by atoms with Crippen LogP contribution in [0.4, 0.5) is 16.2 Å². The van der Waals surface area contributed by atoms with Gasteiger partial charge < -0.3 is 20.4 Å². The van der Waals surface area contributed by atoms with Crippen LogP contribution in [0, 0.1) is 6.92 Å². The Labute approximate surface area is 280 Å². The first-order valence-electron chi connectivity index (χ1n) is 15.2. The maximum Gasteiger partial charge on any atom is 0.321 e. The molecule has 1 aliphatic rings. The van der Waals surface area contributed by atoms with Crippen molar-refractivity contribution in [3.8, 4) is 0 Å². The fourth-order valence-electron chi connectivity index (χ4n) is 5.72. The number of anilines is 2. The van der Waals surface area contributed by atoms with E-state index >= 15 is 0 Å². The number of amides is 4. The van der Waals surface area contributed by atoms with E-state index in [0.29, 0.717) is 35.2 Å². The van der Waals surface area contributed by atoms with Gasteiger partial charge in [-0.25, -0.2) is 13.2 Å². The van der Waals surface area contributed by atoms with Crippen molar-refractivity contribution in [2.45, 2.75) is 51.5 Å². The minimum absolute atomic E-state index is 0.0507. The number of sulfonamides is 1. The molecule has 0 aliphatic carbocycles. The van der Waals surface area contributed by atoms with Crippen molar-refractivity contribution < 1.29 is 22.8 Å². The maximum absolute atomic E-state index is 14.8.